The van der Waals surface area contributed by atoms with E-state index in [1.54, 1.807) is 0 Å². The van der Waals surface area contributed by atoms with Gasteiger partial charge in [-0.1, -0.05) is 40.2 Å². The molecule has 0 amide bonds. The molecule has 0 atom stereocenters. The van der Waals surface area contributed by atoms with Crippen LogP contribution in [0.1, 0.15) is 10.5 Å². The summed E-state index contributed by atoms with van der Waals surface area (Å²) in [7, 11) is 0. The summed E-state index contributed by atoms with van der Waals surface area (Å²) in [4.78, 5) is 14.9. The maximum absolute atomic E-state index is 11.1. The molecule has 2 aromatic carbocycles. The summed E-state index contributed by atoms with van der Waals surface area (Å²) in [5.41, 5.74) is 2.42. The molecule has 0 saturated heterocycles. The first-order chi connectivity index (χ1) is 9.66. The molecule has 4 nitrogen and oxygen atoms in total. The number of hydrogen-bond acceptors (Lipinski definition) is 4. The van der Waals surface area contributed by atoms with E-state index in [9.17, 15) is 4.79 Å². The molecule has 100 valence electrons. The van der Waals surface area contributed by atoms with Crippen molar-refractivity contribution in [1.82, 2.24) is 4.98 Å². The van der Waals surface area contributed by atoms with Gasteiger partial charge in [0.1, 0.15) is 5.00 Å². The monoisotopic (exact) mass is 348 g/mol. The minimum Gasteiger partial charge on any atom is -0.476 e. The summed E-state index contributed by atoms with van der Waals surface area (Å²) < 4.78 is 1.00. The Hall–Kier alpha value is -1.92. The number of carboxylic acid groups (broad SMARTS) is 1. The van der Waals surface area contributed by atoms with E-state index >= 15 is 0 Å². The number of aromatic nitrogens is 1. The minimum absolute atomic E-state index is 0.0435. The average Bonchev–Trinajstić information content (AvgIpc) is 2.91. The Bertz CT molecular complexity index is 801. The number of nitrogens with one attached hydrogen (secondary N) is 1. The van der Waals surface area contributed by atoms with Gasteiger partial charge in [-0.3, -0.25) is 0 Å². The SMILES string of the molecule is O=C(O)c1ncsc1Nc1ccc(Br)c2ccccc12. The summed E-state index contributed by atoms with van der Waals surface area (Å²) in [5.74, 6) is -1.03. The molecule has 0 unspecified atom stereocenters. The lowest BCUT2D eigenvalue weighted by Gasteiger charge is -2.09. The maximum atomic E-state index is 11.1. The van der Waals surface area contributed by atoms with Crippen molar-refractivity contribution in [3.63, 3.8) is 0 Å². The largest absolute Gasteiger partial charge is 0.476 e. The highest BCUT2D eigenvalue weighted by Gasteiger charge is 2.14. The molecule has 0 spiro atoms. The Kier molecular flexibility index (Phi) is 3.42. The molecule has 0 aliphatic heterocycles. The maximum Gasteiger partial charge on any atom is 0.357 e. The molecule has 3 aromatic rings. The van der Waals surface area contributed by atoms with Gasteiger partial charge in [0.2, 0.25) is 0 Å². The van der Waals surface area contributed by atoms with Crippen molar-refractivity contribution >= 4 is 54.7 Å². The van der Waals surface area contributed by atoms with Crippen LogP contribution in [0.4, 0.5) is 10.7 Å². The van der Waals surface area contributed by atoms with Crippen LogP contribution in [-0.4, -0.2) is 16.1 Å². The van der Waals surface area contributed by atoms with Gasteiger partial charge in [0, 0.05) is 15.5 Å². The van der Waals surface area contributed by atoms with Crippen molar-refractivity contribution in [2.75, 3.05) is 5.32 Å². The molecule has 1 heterocycles. The summed E-state index contributed by atoms with van der Waals surface area (Å²) in [6.45, 7) is 0. The molecule has 20 heavy (non-hydrogen) atoms. The molecular formula is C14H9BrN2O2S. The third-order valence-electron chi connectivity index (χ3n) is 2.89. The van der Waals surface area contributed by atoms with E-state index in [0.29, 0.717) is 5.00 Å². The van der Waals surface area contributed by atoms with Crippen LogP contribution >= 0.6 is 27.3 Å². The normalized spacial score (nSPS) is 10.7. The molecule has 1 aromatic heterocycles. The van der Waals surface area contributed by atoms with Crippen LogP contribution in [0.2, 0.25) is 0 Å². The molecule has 6 heteroatoms. The third-order valence-corrected chi connectivity index (χ3v) is 4.32. The van der Waals surface area contributed by atoms with E-state index in [2.05, 4.69) is 26.2 Å². The Morgan fingerprint density at radius 3 is 2.70 bits per heavy atom. The Balaban J connectivity index is 2.09. The highest BCUT2D eigenvalue weighted by molar-refractivity contribution is 9.10. The second-order valence-corrected chi connectivity index (χ2v) is 5.81. The van der Waals surface area contributed by atoms with Crippen LogP contribution in [0.25, 0.3) is 10.8 Å². The van der Waals surface area contributed by atoms with Gasteiger partial charge < -0.3 is 10.4 Å². The second-order valence-electron chi connectivity index (χ2n) is 4.10. The quantitative estimate of drug-likeness (QED) is 0.731. The molecule has 0 bridgehead atoms. The van der Waals surface area contributed by atoms with Crippen molar-refractivity contribution in [1.29, 1.82) is 0 Å². The number of thiazole rings is 1. The molecule has 3 rings (SSSR count). The van der Waals surface area contributed by atoms with Crippen LogP contribution in [0.15, 0.2) is 46.4 Å². The molecule has 0 aliphatic carbocycles. The van der Waals surface area contributed by atoms with E-state index < -0.39 is 5.97 Å². The van der Waals surface area contributed by atoms with Gasteiger partial charge in [-0.25, -0.2) is 9.78 Å². The molecular weight excluding hydrogens is 340 g/mol. The zero-order valence-corrected chi connectivity index (χ0v) is 12.5. The Morgan fingerprint density at radius 1 is 1.20 bits per heavy atom. The topological polar surface area (TPSA) is 62.2 Å². The predicted octanol–water partition coefficient (Wildman–Crippen LogP) is 4.50. The fraction of sp³-hybridized carbons (Fsp3) is 0. The summed E-state index contributed by atoms with van der Waals surface area (Å²) >= 11 is 4.79. The van der Waals surface area contributed by atoms with Crippen molar-refractivity contribution in [2.45, 2.75) is 0 Å². The highest BCUT2D eigenvalue weighted by Crippen LogP contribution is 2.33. The van der Waals surface area contributed by atoms with Gasteiger partial charge in [-0.2, -0.15) is 0 Å². The van der Waals surface area contributed by atoms with Gasteiger partial charge in [0.05, 0.1) is 5.51 Å². The Labute approximate surface area is 127 Å². The fourth-order valence-electron chi connectivity index (χ4n) is 1.98. The van der Waals surface area contributed by atoms with Crippen LogP contribution in [0.5, 0.6) is 0 Å². The van der Waals surface area contributed by atoms with Crippen molar-refractivity contribution in [3.05, 3.63) is 52.1 Å². The summed E-state index contributed by atoms with van der Waals surface area (Å²) in [5, 5.41) is 14.9. The number of carbonyl (C=O) groups is 1. The van der Waals surface area contributed by atoms with Crippen LogP contribution in [0, 0.1) is 0 Å². The van der Waals surface area contributed by atoms with Crippen molar-refractivity contribution < 1.29 is 9.90 Å². The van der Waals surface area contributed by atoms with E-state index in [1.165, 1.54) is 16.8 Å². The zero-order chi connectivity index (χ0) is 14.1. The number of fused-ring (bicyclic) bond motifs is 1. The fourth-order valence-corrected chi connectivity index (χ4v) is 3.14. The van der Waals surface area contributed by atoms with Gasteiger partial charge in [0.15, 0.2) is 5.69 Å². The van der Waals surface area contributed by atoms with E-state index in [1.807, 2.05) is 36.4 Å². The van der Waals surface area contributed by atoms with Crippen LogP contribution in [0.3, 0.4) is 0 Å². The molecule has 0 aliphatic rings. The second kappa shape index (κ2) is 5.22. The number of hydrogen-bond donors (Lipinski definition) is 2. The van der Waals surface area contributed by atoms with Crippen molar-refractivity contribution in [3.8, 4) is 0 Å². The molecule has 0 fully saturated rings. The number of benzene rings is 2. The first-order valence-electron chi connectivity index (χ1n) is 5.78. The number of rotatable bonds is 3. The van der Waals surface area contributed by atoms with E-state index in [0.717, 1.165) is 20.9 Å². The molecule has 2 N–H and O–H groups in total. The first-order valence-corrected chi connectivity index (χ1v) is 7.45. The van der Waals surface area contributed by atoms with Gasteiger partial charge in [-0.05, 0) is 17.5 Å². The predicted molar refractivity (Wildman–Crippen MR) is 84.0 cm³/mol. The van der Waals surface area contributed by atoms with Crippen LogP contribution in [-0.2, 0) is 0 Å². The minimum atomic E-state index is -1.03. The van der Waals surface area contributed by atoms with Gasteiger partial charge in [0.25, 0.3) is 0 Å². The average molecular weight is 349 g/mol. The van der Waals surface area contributed by atoms with Crippen molar-refractivity contribution in [2.24, 2.45) is 0 Å². The lowest BCUT2D eigenvalue weighted by atomic mass is 10.1. The number of nitrogens with zero attached hydrogens (tertiary/aromatic N) is 1. The highest BCUT2D eigenvalue weighted by atomic mass is 79.9. The van der Waals surface area contributed by atoms with E-state index in [4.69, 9.17) is 5.11 Å². The van der Waals surface area contributed by atoms with Gasteiger partial charge >= 0.3 is 5.97 Å². The number of halogens is 1. The first kappa shape index (κ1) is 13.1. The lowest BCUT2D eigenvalue weighted by Crippen LogP contribution is -2.01. The van der Waals surface area contributed by atoms with E-state index in [-0.39, 0.29) is 5.69 Å². The third kappa shape index (κ3) is 2.28. The number of carboxylic acids is 1. The number of anilines is 2. The van der Waals surface area contributed by atoms with Gasteiger partial charge in [-0.15, -0.1) is 11.3 Å². The summed E-state index contributed by atoms with van der Waals surface area (Å²) in [6.07, 6.45) is 0. The summed E-state index contributed by atoms with van der Waals surface area (Å²) in [6, 6.07) is 11.8. The lowest BCUT2D eigenvalue weighted by molar-refractivity contribution is 0.0692. The smallest absolute Gasteiger partial charge is 0.357 e. The number of aromatic carboxylic acids is 1. The Morgan fingerprint density at radius 2 is 1.95 bits per heavy atom. The zero-order valence-electron chi connectivity index (χ0n) is 10.1. The molecule has 0 radical (unpaired) electrons. The standard InChI is InChI=1S/C14H9BrN2O2S/c15-10-5-6-11(9-4-2-1-3-8(9)10)17-13-12(14(18)19)16-7-20-13/h1-7,17H,(H,18,19). The molecule has 0 saturated carbocycles. The van der Waals surface area contributed by atoms with Crippen LogP contribution < -0.4 is 5.32 Å².